The van der Waals surface area contributed by atoms with Crippen molar-refractivity contribution in [3.05, 3.63) is 29.8 Å². The fourth-order valence-electron chi connectivity index (χ4n) is 1.91. The Morgan fingerprint density at radius 1 is 1.29 bits per heavy atom. The quantitative estimate of drug-likeness (QED) is 0.721. The van der Waals surface area contributed by atoms with Crippen molar-refractivity contribution in [2.75, 3.05) is 11.9 Å². The molecule has 0 saturated heterocycles. The van der Waals surface area contributed by atoms with E-state index in [0.29, 0.717) is 24.1 Å². The SMILES string of the molecule is CCC(=O)Nc1cccc(C(=O)NC(C)(CC)CCO)c1. The molecule has 2 amide bonds. The molecular weight excluding hydrogens is 268 g/mol. The maximum absolute atomic E-state index is 12.3. The summed E-state index contributed by atoms with van der Waals surface area (Å²) >= 11 is 0. The minimum Gasteiger partial charge on any atom is -0.396 e. The van der Waals surface area contributed by atoms with Gasteiger partial charge in [-0.1, -0.05) is 19.9 Å². The second-order valence-electron chi connectivity index (χ2n) is 5.32. The molecule has 0 aromatic heterocycles. The number of aliphatic hydroxyl groups is 1. The topological polar surface area (TPSA) is 78.4 Å². The summed E-state index contributed by atoms with van der Waals surface area (Å²) in [5.74, 6) is -0.299. The zero-order chi connectivity index (χ0) is 15.9. The van der Waals surface area contributed by atoms with Gasteiger partial charge in [0.15, 0.2) is 0 Å². The summed E-state index contributed by atoms with van der Waals surface area (Å²) in [5, 5.41) is 14.8. The van der Waals surface area contributed by atoms with Crippen LogP contribution >= 0.6 is 0 Å². The van der Waals surface area contributed by atoms with Crippen molar-refractivity contribution in [3.63, 3.8) is 0 Å². The van der Waals surface area contributed by atoms with Gasteiger partial charge in [-0.2, -0.15) is 0 Å². The maximum Gasteiger partial charge on any atom is 0.251 e. The molecule has 1 atom stereocenters. The Hall–Kier alpha value is -1.88. The van der Waals surface area contributed by atoms with E-state index < -0.39 is 5.54 Å². The number of hydrogen-bond donors (Lipinski definition) is 3. The normalized spacial score (nSPS) is 13.3. The Kier molecular flexibility index (Phi) is 6.37. The van der Waals surface area contributed by atoms with Crippen LogP contribution in [0, 0.1) is 0 Å². The summed E-state index contributed by atoms with van der Waals surface area (Å²) in [5.41, 5.74) is 0.658. The van der Waals surface area contributed by atoms with Crippen LogP contribution in [0.4, 0.5) is 5.69 Å². The van der Waals surface area contributed by atoms with E-state index in [1.54, 1.807) is 31.2 Å². The summed E-state index contributed by atoms with van der Waals surface area (Å²) < 4.78 is 0. The van der Waals surface area contributed by atoms with E-state index in [-0.39, 0.29) is 18.4 Å². The van der Waals surface area contributed by atoms with Crippen LogP contribution in [0.3, 0.4) is 0 Å². The monoisotopic (exact) mass is 292 g/mol. The van der Waals surface area contributed by atoms with Gasteiger partial charge in [-0.25, -0.2) is 0 Å². The Morgan fingerprint density at radius 2 is 2.00 bits per heavy atom. The van der Waals surface area contributed by atoms with E-state index in [1.165, 1.54) is 0 Å². The van der Waals surface area contributed by atoms with Crippen LogP contribution in [0.5, 0.6) is 0 Å². The average molecular weight is 292 g/mol. The van der Waals surface area contributed by atoms with Crippen molar-refractivity contribution in [2.24, 2.45) is 0 Å². The van der Waals surface area contributed by atoms with Gasteiger partial charge in [-0.15, -0.1) is 0 Å². The van der Waals surface area contributed by atoms with Crippen molar-refractivity contribution in [1.82, 2.24) is 5.32 Å². The molecule has 1 aromatic rings. The summed E-state index contributed by atoms with van der Waals surface area (Å²) in [7, 11) is 0. The summed E-state index contributed by atoms with van der Waals surface area (Å²) in [4.78, 5) is 23.7. The molecule has 0 aliphatic rings. The third-order valence-corrected chi connectivity index (χ3v) is 3.59. The van der Waals surface area contributed by atoms with Gasteiger partial charge in [-0.3, -0.25) is 9.59 Å². The highest BCUT2D eigenvalue weighted by Crippen LogP contribution is 2.16. The van der Waals surface area contributed by atoms with Gasteiger partial charge in [0, 0.05) is 29.8 Å². The lowest BCUT2D eigenvalue weighted by Crippen LogP contribution is -2.46. The summed E-state index contributed by atoms with van der Waals surface area (Å²) in [6.07, 6.45) is 1.62. The van der Waals surface area contributed by atoms with E-state index in [4.69, 9.17) is 5.11 Å². The summed E-state index contributed by atoms with van der Waals surface area (Å²) in [6, 6.07) is 6.83. The number of carbonyl (C=O) groups is 2. The van der Waals surface area contributed by atoms with Gasteiger partial charge in [0.2, 0.25) is 5.91 Å². The van der Waals surface area contributed by atoms with Crippen molar-refractivity contribution in [2.45, 2.75) is 45.6 Å². The van der Waals surface area contributed by atoms with Gasteiger partial charge in [0.25, 0.3) is 5.91 Å². The predicted octanol–water partition coefficient (Wildman–Crippen LogP) is 2.32. The lowest BCUT2D eigenvalue weighted by molar-refractivity contribution is -0.115. The maximum atomic E-state index is 12.3. The van der Waals surface area contributed by atoms with E-state index in [2.05, 4.69) is 10.6 Å². The molecule has 1 aromatic carbocycles. The van der Waals surface area contributed by atoms with Crippen molar-refractivity contribution in [3.8, 4) is 0 Å². The molecule has 0 fully saturated rings. The number of aliphatic hydroxyl groups excluding tert-OH is 1. The van der Waals surface area contributed by atoms with Crippen molar-refractivity contribution >= 4 is 17.5 Å². The number of nitrogens with one attached hydrogen (secondary N) is 2. The lowest BCUT2D eigenvalue weighted by Gasteiger charge is -2.29. The molecule has 0 radical (unpaired) electrons. The number of anilines is 1. The largest absolute Gasteiger partial charge is 0.396 e. The minimum absolute atomic E-state index is 0.0250. The van der Waals surface area contributed by atoms with Crippen LogP contribution in [-0.4, -0.2) is 29.1 Å². The fourth-order valence-corrected chi connectivity index (χ4v) is 1.91. The highest BCUT2D eigenvalue weighted by molar-refractivity contribution is 5.97. The molecule has 116 valence electrons. The van der Waals surface area contributed by atoms with Crippen LogP contribution in [0.25, 0.3) is 0 Å². The third kappa shape index (κ3) is 5.19. The number of hydrogen-bond acceptors (Lipinski definition) is 3. The van der Waals surface area contributed by atoms with E-state index in [1.807, 2.05) is 13.8 Å². The molecule has 21 heavy (non-hydrogen) atoms. The Balaban J connectivity index is 2.83. The Morgan fingerprint density at radius 3 is 2.57 bits per heavy atom. The Labute approximate surface area is 125 Å². The van der Waals surface area contributed by atoms with Crippen LogP contribution in [0.1, 0.15) is 50.4 Å². The first-order valence-electron chi connectivity index (χ1n) is 7.27. The first kappa shape index (κ1) is 17.2. The zero-order valence-corrected chi connectivity index (χ0v) is 12.9. The van der Waals surface area contributed by atoms with Gasteiger partial charge in [-0.05, 0) is 38.0 Å². The van der Waals surface area contributed by atoms with E-state index in [0.717, 1.165) is 6.42 Å². The van der Waals surface area contributed by atoms with E-state index >= 15 is 0 Å². The van der Waals surface area contributed by atoms with Gasteiger partial charge in [0.1, 0.15) is 0 Å². The average Bonchev–Trinajstić information content (AvgIpc) is 2.47. The smallest absolute Gasteiger partial charge is 0.251 e. The van der Waals surface area contributed by atoms with Crippen molar-refractivity contribution < 1.29 is 14.7 Å². The van der Waals surface area contributed by atoms with Crippen LogP contribution in [0.15, 0.2) is 24.3 Å². The van der Waals surface area contributed by atoms with Crippen molar-refractivity contribution in [1.29, 1.82) is 0 Å². The molecule has 1 unspecified atom stereocenters. The molecule has 0 heterocycles. The number of carbonyl (C=O) groups excluding carboxylic acids is 2. The standard InChI is InChI=1S/C16H24N2O3/c1-4-14(20)17-13-8-6-7-12(11-13)15(21)18-16(3,5-2)9-10-19/h6-8,11,19H,4-5,9-10H2,1-3H3,(H,17,20)(H,18,21). The first-order chi connectivity index (χ1) is 9.94. The molecule has 1 rings (SSSR count). The highest BCUT2D eigenvalue weighted by atomic mass is 16.3. The second kappa shape index (κ2) is 7.78. The molecule has 0 spiro atoms. The number of amides is 2. The number of rotatable bonds is 7. The highest BCUT2D eigenvalue weighted by Gasteiger charge is 2.24. The first-order valence-corrected chi connectivity index (χ1v) is 7.27. The lowest BCUT2D eigenvalue weighted by atomic mass is 9.94. The Bertz CT molecular complexity index is 502. The molecule has 0 bridgehead atoms. The van der Waals surface area contributed by atoms with Gasteiger partial charge < -0.3 is 15.7 Å². The molecule has 0 aliphatic carbocycles. The molecule has 3 N–H and O–H groups in total. The van der Waals surface area contributed by atoms with Crippen LogP contribution in [-0.2, 0) is 4.79 Å². The van der Waals surface area contributed by atoms with E-state index in [9.17, 15) is 9.59 Å². The number of benzene rings is 1. The van der Waals surface area contributed by atoms with Gasteiger partial charge in [0.05, 0.1) is 0 Å². The molecule has 5 nitrogen and oxygen atoms in total. The zero-order valence-electron chi connectivity index (χ0n) is 12.9. The molecular formula is C16H24N2O3. The predicted molar refractivity (Wildman–Crippen MR) is 83.2 cm³/mol. The molecule has 0 aliphatic heterocycles. The van der Waals surface area contributed by atoms with Crippen LogP contribution < -0.4 is 10.6 Å². The molecule has 0 saturated carbocycles. The molecule has 5 heteroatoms. The third-order valence-electron chi connectivity index (χ3n) is 3.59. The van der Waals surface area contributed by atoms with Crippen LogP contribution in [0.2, 0.25) is 0 Å². The minimum atomic E-state index is -0.436. The second-order valence-corrected chi connectivity index (χ2v) is 5.32. The summed E-state index contributed by atoms with van der Waals surface area (Å²) in [6.45, 7) is 5.67. The van der Waals surface area contributed by atoms with Gasteiger partial charge >= 0.3 is 0 Å². The fraction of sp³-hybridized carbons (Fsp3) is 0.500.